The van der Waals surface area contributed by atoms with Crippen molar-refractivity contribution in [2.24, 2.45) is 11.8 Å². The highest BCUT2D eigenvalue weighted by atomic mass is 16.3. The van der Waals surface area contributed by atoms with Gasteiger partial charge in [0.15, 0.2) is 5.76 Å². The van der Waals surface area contributed by atoms with Gasteiger partial charge in [-0.3, -0.25) is 9.59 Å². The molecule has 27 heavy (non-hydrogen) atoms. The fourth-order valence-electron chi connectivity index (χ4n) is 3.85. The Kier molecular flexibility index (Phi) is 5.01. The average Bonchev–Trinajstić information content (AvgIpc) is 3.39. The average molecular weight is 366 g/mol. The van der Waals surface area contributed by atoms with Gasteiger partial charge >= 0.3 is 0 Å². The first-order valence-electron chi connectivity index (χ1n) is 9.81. The van der Waals surface area contributed by atoms with Gasteiger partial charge in [0, 0.05) is 19.0 Å². The van der Waals surface area contributed by atoms with E-state index in [0.29, 0.717) is 37.6 Å². The first kappa shape index (κ1) is 17.8. The summed E-state index contributed by atoms with van der Waals surface area (Å²) in [4.78, 5) is 27.0. The second-order valence-corrected chi connectivity index (χ2v) is 7.78. The van der Waals surface area contributed by atoms with Crippen LogP contribution in [-0.4, -0.2) is 29.8 Å². The van der Waals surface area contributed by atoms with E-state index in [9.17, 15) is 9.59 Å². The van der Waals surface area contributed by atoms with Crippen molar-refractivity contribution in [3.63, 3.8) is 0 Å². The number of nitrogens with zero attached hydrogens (tertiary/aromatic N) is 1. The van der Waals surface area contributed by atoms with Gasteiger partial charge < -0.3 is 14.6 Å². The molecule has 142 valence electrons. The number of hydrogen-bond acceptors (Lipinski definition) is 3. The molecule has 1 aromatic carbocycles. The molecular weight excluding hydrogens is 340 g/mol. The van der Waals surface area contributed by atoms with E-state index in [1.807, 2.05) is 0 Å². The Morgan fingerprint density at radius 2 is 1.78 bits per heavy atom. The summed E-state index contributed by atoms with van der Waals surface area (Å²) in [6, 6.07) is 12.0. The van der Waals surface area contributed by atoms with Crippen molar-refractivity contribution in [1.82, 2.24) is 10.2 Å². The molecule has 1 N–H and O–H groups in total. The van der Waals surface area contributed by atoms with Gasteiger partial charge in [-0.25, -0.2) is 0 Å². The molecule has 0 bridgehead atoms. The van der Waals surface area contributed by atoms with Crippen molar-refractivity contribution in [2.45, 2.75) is 38.6 Å². The highest BCUT2D eigenvalue weighted by Crippen LogP contribution is 2.41. The molecule has 2 heterocycles. The van der Waals surface area contributed by atoms with Gasteiger partial charge in [0.2, 0.25) is 5.91 Å². The predicted octanol–water partition coefficient (Wildman–Crippen LogP) is 3.71. The second-order valence-electron chi connectivity index (χ2n) is 7.78. The van der Waals surface area contributed by atoms with E-state index in [2.05, 4.69) is 36.5 Å². The summed E-state index contributed by atoms with van der Waals surface area (Å²) in [7, 11) is 0. The van der Waals surface area contributed by atoms with E-state index in [-0.39, 0.29) is 23.8 Å². The standard InChI is InChI=1S/C22H26N2O3/c1-15-4-6-16(7-5-15)20(17-8-9-17)23-21(25)18-10-12-24(13-11-18)22(26)19-3-2-14-27-19/h2-7,14,17-18,20H,8-13H2,1H3,(H,23,25). The summed E-state index contributed by atoms with van der Waals surface area (Å²) in [5.74, 6) is 0.924. The van der Waals surface area contributed by atoms with Crippen molar-refractivity contribution in [2.75, 3.05) is 13.1 Å². The molecule has 2 aliphatic rings. The van der Waals surface area contributed by atoms with Crippen LogP contribution >= 0.6 is 0 Å². The molecule has 4 rings (SSSR count). The van der Waals surface area contributed by atoms with Gasteiger partial charge in [0.25, 0.3) is 5.91 Å². The molecule has 2 fully saturated rings. The maximum Gasteiger partial charge on any atom is 0.289 e. The summed E-state index contributed by atoms with van der Waals surface area (Å²) in [5.41, 5.74) is 2.43. The first-order valence-corrected chi connectivity index (χ1v) is 9.81. The number of nitrogens with one attached hydrogen (secondary N) is 1. The van der Waals surface area contributed by atoms with Gasteiger partial charge in [-0.05, 0) is 56.2 Å². The van der Waals surface area contributed by atoms with Crippen molar-refractivity contribution in [3.8, 4) is 0 Å². The molecule has 1 saturated carbocycles. The van der Waals surface area contributed by atoms with Crippen molar-refractivity contribution in [1.29, 1.82) is 0 Å². The van der Waals surface area contributed by atoms with Crippen LogP contribution < -0.4 is 5.32 Å². The lowest BCUT2D eigenvalue weighted by Gasteiger charge is -2.32. The third-order valence-corrected chi connectivity index (χ3v) is 5.71. The third kappa shape index (κ3) is 4.07. The van der Waals surface area contributed by atoms with Crippen molar-refractivity contribution >= 4 is 11.8 Å². The topological polar surface area (TPSA) is 62.6 Å². The van der Waals surface area contributed by atoms with E-state index < -0.39 is 0 Å². The monoisotopic (exact) mass is 366 g/mol. The second kappa shape index (κ2) is 7.59. The maximum atomic E-state index is 12.9. The summed E-state index contributed by atoms with van der Waals surface area (Å²) < 4.78 is 5.20. The number of likely N-dealkylation sites (tertiary alicyclic amines) is 1. The normalized spacial score (nSPS) is 18.9. The van der Waals surface area contributed by atoms with Crippen LogP contribution in [0.1, 0.15) is 53.4 Å². The number of furan rings is 1. The molecule has 2 aromatic rings. The quantitative estimate of drug-likeness (QED) is 0.877. The fourth-order valence-corrected chi connectivity index (χ4v) is 3.85. The summed E-state index contributed by atoms with van der Waals surface area (Å²) in [6.07, 6.45) is 5.26. The highest BCUT2D eigenvalue weighted by molar-refractivity contribution is 5.91. The van der Waals surface area contributed by atoms with E-state index >= 15 is 0 Å². The summed E-state index contributed by atoms with van der Waals surface area (Å²) in [5, 5.41) is 3.30. The molecule has 1 aliphatic carbocycles. The molecular formula is C22H26N2O3. The molecule has 2 amide bonds. The van der Waals surface area contributed by atoms with Crippen molar-refractivity contribution in [3.05, 3.63) is 59.5 Å². The van der Waals surface area contributed by atoms with Crippen LogP contribution in [-0.2, 0) is 4.79 Å². The molecule has 1 saturated heterocycles. The zero-order valence-electron chi connectivity index (χ0n) is 15.7. The molecule has 1 aromatic heterocycles. The van der Waals surface area contributed by atoms with Crippen LogP contribution in [0.4, 0.5) is 0 Å². The smallest absolute Gasteiger partial charge is 0.289 e. The van der Waals surface area contributed by atoms with Crippen LogP contribution in [0.3, 0.4) is 0 Å². The molecule has 5 nitrogen and oxygen atoms in total. The lowest BCUT2D eigenvalue weighted by Crippen LogP contribution is -2.44. The molecule has 1 atom stereocenters. The number of amides is 2. The van der Waals surface area contributed by atoms with Crippen molar-refractivity contribution < 1.29 is 14.0 Å². The van der Waals surface area contributed by atoms with Gasteiger partial charge in [-0.15, -0.1) is 0 Å². The minimum Gasteiger partial charge on any atom is -0.459 e. The molecule has 0 spiro atoms. The Bertz CT molecular complexity index is 785. The highest BCUT2D eigenvalue weighted by Gasteiger charge is 2.36. The molecule has 5 heteroatoms. The Labute approximate surface area is 159 Å². The van der Waals surface area contributed by atoms with E-state index in [1.165, 1.54) is 30.2 Å². The number of hydrogen-bond donors (Lipinski definition) is 1. The van der Waals surface area contributed by atoms with E-state index in [0.717, 1.165) is 0 Å². The minimum atomic E-state index is -0.0885. The number of piperidine rings is 1. The lowest BCUT2D eigenvalue weighted by atomic mass is 9.94. The van der Waals surface area contributed by atoms with E-state index in [1.54, 1.807) is 17.0 Å². The Hall–Kier alpha value is -2.56. The molecule has 0 radical (unpaired) electrons. The SMILES string of the molecule is Cc1ccc(C(NC(=O)C2CCN(C(=O)c3ccco3)CC2)C2CC2)cc1. The third-order valence-electron chi connectivity index (χ3n) is 5.71. The molecule has 1 unspecified atom stereocenters. The van der Waals surface area contributed by atoms with Crippen LogP contribution in [0.25, 0.3) is 0 Å². The fraction of sp³-hybridized carbons (Fsp3) is 0.455. The molecule has 1 aliphatic heterocycles. The minimum absolute atomic E-state index is 0.0302. The number of carbonyl (C=O) groups excluding carboxylic acids is 2. The lowest BCUT2D eigenvalue weighted by molar-refractivity contribution is -0.127. The van der Waals surface area contributed by atoms with Crippen LogP contribution in [0, 0.1) is 18.8 Å². The summed E-state index contributed by atoms with van der Waals surface area (Å²) >= 11 is 0. The Morgan fingerprint density at radius 1 is 1.07 bits per heavy atom. The zero-order chi connectivity index (χ0) is 18.8. The maximum absolute atomic E-state index is 12.9. The van der Waals surface area contributed by atoms with Gasteiger partial charge in [0.1, 0.15) is 0 Å². The Balaban J connectivity index is 1.34. The van der Waals surface area contributed by atoms with Gasteiger partial charge in [-0.1, -0.05) is 29.8 Å². The Morgan fingerprint density at radius 3 is 2.37 bits per heavy atom. The van der Waals surface area contributed by atoms with Crippen LogP contribution in [0.5, 0.6) is 0 Å². The van der Waals surface area contributed by atoms with Crippen LogP contribution in [0.2, 0.25) is 0 Å². The number of benzene rings is 1. The first-order chi connectivity index (χ1) is 13.1. The summed E-state index contributed by atoms with van der Waals surface area (Å²) in [6.45, 7) is 3.26. The number of aryl methyl sites for hydroxylation is 1. The predicted molar refractivity (Wildman–Crippen MR) is 102 cm³/mol. The number of rotatable bonds is 5. The largest absolute Gasteiger partial charge is 0.459 e. The van der Waals surface area contributed by atoms with Crippen LogP contribution in [0.15, 0.2) is 47.1 Å². The van der Waals surface area contributed by atoms with Gasteiger partial charge in [-0.2, -0.15) is 0 Å². The van der Waals surface area contributed by atoms with Gasteiger partial charge in [0.05, 0.1) is 12.3 Å². The zero-order valence-corrected chi connectivity index (χ0v) is 15.7. The number of carbonyl (C=O) groups is 2. The van der Waals surface area contributed by atoms with E-state index in [4.69, 9.17) is 4.42 Å².